The van der Waals surface area contributed by atoms with E-state index in [4.69, 9.17) is 0 Å². The molecular formula is C10H18O2S2. The summed E-state index contributed by atoms with van der Waals surface area (Å²) in [6, 6.07) is 0. The Labute approximate surface area is 90.8 Å². The Bertz CT molecular complexity index is 334. The molecule has 0 bridgehead atoms. The van der Waals surface area contributed by atoms with Crippen LogP contribution in [-0.4, -0.2) is 30.4 Å². The molecule has 14 heavy (non-hydrogen) atoms. The third-order valence-corrected chi connectivity index (χ3v) is 8.30. The van der Waals surface area contributed by atoms with Crippen LogP contribution in [0.15, 0.2) is 0 Å². The van der Waals surface area contributed by atoms with Crippen LogP contribution in [-0.2, 0) is 9.84 Å². The predicted molar refractivity (Wildman–Crippen MR) is 61.4 cm³/mol. The summed E-state index contributed by atoms with van der Waals surface area (Å²) in [5.41, 5.74) is 0.00463. The molecule has 0 saturated carbocycles. The van der Waals surface area contributed by atoms with Gasteiger partial charge in [0.15, 0.2) is 9.84 Å². The van der Waals surface area contributed by atoms with Crippen molar-refractivity contribution < 1.29 is 8.42 Å². The maximum Gasteiger partial charge on any atom is 0.154 e. The predicted octanol–water partition coefficient (Wildman–Crippen LogP) is 1.95. The van der Waals surface area contributed by atoms with Gasteiger partial charge in [0.2, 0.25) is 0 Å². The first kappa shape index (κ1) is 10.8. The van der Waals surface area contributed by atoms with Crippen molar-refractivity contribution in [2.75, 3.05) is 11.5 Å². The molecule has 4 heteroatoms. The molecular weight excluding hydrogens is 216 g/mol. The van der Waals surface area contributed by atoms with Gasteiger partial charge in [0.25, 0.3) is 0 Å². The van der Waals surface area contributed by atoms with Crippen molar-refractivity contribution in [2.24, 2.45) is 11.3 Å². The minimum absolute atomic E-state index is 0.00463. The Hall–Kier alpha value is 0.300. The molecule has 2 saturated heterocycles. The highest BCUT2D eigenvalue weighted by Gasteiger charge is 2.57. The Morgan fingerprint density at radius 3 is 2.64 bits per heavy atom. The van der Waals surface area contributed by atoms with Crippen LogP contribution in [0.2, 0.25) is 0 Å². The number of thioether (sulfide) groups is 1. The van der Waals surface area contributed by atoms with E-state index in [1.165, 1.54) is 0 Å². The van der Waals surface area contributed by atoms with E-state index in [9.17, 15) is 8.42 Å². The number of hydrogen-bond acceptors (Lipinski definition) is 3. The fraction of sp³-hybridized carbons (Fsp3) is 1.00. The number of rotatable bonds is 1. The van der Waals surface area contributed by atoms with Crippen LogP contribution in [0.25, 0.3) is 0 Å². The third-order valence-electron chi connectivity index (χ3n) is 3.98. The molecule has 2 aliphatic rings. The highest BCUT2D eigenvalue weighted by Crippen LogP contribution is 2.53. The summed E-state index contributed by atoms with van der Waals surface area (Å²) in [6.45, 7) is 6.45. The second kappa shape index (κ2) is 3.14. The van der Waals surface area contributed by atoms with E-state index in [-0.39, 0.29) is 10.7 Å². The number of sulfone groups is 1. The molecule has 2 rings (SSSR count). The lowest BCUT2D eigenvalue weighted by Gasteiger charge is -2.33. The molecule has 0 N–H and O–H groups in total. The quantitative estimate of drug-likeness (QED) is 0.695. The van der Waals surface area contributed by atoms with E-state index in [0.717, 1.165) is 12.2 Å². The van der Waals surface area contributed by atoms with Gasteiger partial charge >= 0.3 is 0 Å². The molecule has 2 heterocycles. The molecule has 0 aromatic carbocycles. The molecule has 0 amide bonds. The summed E-state index contributed by atoms with van der Waals surface area (Å²) < 4.78 is 23.9. The van der Waals surface area contributed by atoms with Crippen LogP contribution in [0, 0.1) is 11.3 Å². The Morgan fingerprint density at radius 2 is 2.07 bits per heavy atom. The third kappa shape index (κ3) is 1.33. The van der Waals surface area contributed by atoms with E-state index in [2.05, 4.69) is 20.8 Å². The van der Waals surface area contributed by atoms with E-state index in [0.29, 0.717) is 16.9 Å². The summed E-state index contributed by atoms with van der Waals surface area (Å²) in [5, 5.41) is 0.312. The van der Waals surface area contributed by atoms with Crippen LogP contribution in [0.5, 0.6) is 0 Å². The number of fused-ring (bicyclic) bond motifs is 1. The van der Waals surface area contributed by atoms with Crippen molar-refractivity contribution in [3.63, 3.8) is 0 Å². The Kier molecular flexibility index (Phi) is 2.43. The SMILES string of the molecule is CC(C)C1(C)CS(=O)(=O)C2CCSC21. The molecule has 2 aliphatic heterocycles. The topological polar surface area (TPSA) is 34.1 Å². The van der Waals surface area contributed by atoms with E-state index in [1.54, 1.807) is 0 Å². The number of hydrogen-bond donors (Lipinski definition) is 0. The molecule has 2 fully saturated rings. The minimum Gasteiger partial charge on any atom is -0.228 e. The van der Waals surface area contributed by atoms with Gasteiger partial charge in [-0.15, -0.1) is 0 Å². The smallest absolute Gasteiger partial charge is 0.154 e. The van der Waals surface area contributed by atoms with Gasteiger partial charge < -0.3 is 0 Å². The molecule has 3 atom stereocenters. The molecule has 0 aliphatic carbocycles. The first-order valence-corrected chi connectivity index (χ1v) is 7.97. The van der Waals surface area contributed by atoms with Crippen molar-refractivity contribution >= 4 is 21.6 Å². The lowest BCUT2D eigenvalue weighted by molar-refractivity contribution is 0.260. The van der Waals surface area contributed by atoms with E-state index in [1.807, 2.05) is 11.8 Å². The maximum atomic E-state index is 11.9. The average molecular weight is 234 g/mol. The molecule has 2 nitrogen and oxygen atoms in total. The molecule has 82 valence electrons. The first-order valence-electron chi connectivity index (χ1n) is 5.21. The van der Waals surface area contributed by atoms with Gasteiger partial charge in [-0.3, -0.25) is 0 Å². The summed E-state index contributed by atoms with van der Waals surface area (Å²) in [6.07, 6.45) is 0.875. The van der Waals surface area contributed by atoms with Crippen LogP contribution in [0.4, 0.5) is 0 Å². The molecule has 0 radical (unpaired) electrons. The van der Waals surface area contributed by atoms with E-state index < -0.39 is 9.84 Å². The van der Waals surface area contributed by atoms with Gasteiger partial charge in [0, 0.05) is 5.25 Å². The summed E-state index contributed by atoms with van der Waals surface area (Å²) in [5.74, 6) is 1.88. The monoisotopic (exact) mass is 234 g/mol. The first-order chi connectivity index (χ1) is 6.38. The van der Waals surface area contributed by atoms with Crippen molar-refractivity contribution in [3.8, 4) is 0 Å². The van der Waals surface area contributed by atoms with Gasteiger partial charge in [0.05, 0.1) is 11.0 Å². The summed E-state index contributed by atoms with van der Waals surface area (Å²) in [4.78, 5) is 0. The van der Waals surface area contributed by atoms with Crippen LogP contribution >= 0.6 is 11.8 Å². The second-order valence-electron chi connectivity index (χ2n) is 5.09. The summed E-state index contributed by atoms with van der Waals surface area (Å²) in [7, 11) is -2.80. The highest BCUT2D eigenvalue weighted by atomic mass is 32.2. The normalized spacial score (nSPS) is 45.7. The van der Waals surface area contributed by atoms with E-state index >= 15 is 0 Å². The van der Waals surface area contributed by atoms with Crippen LogP contribution in [0.3, 0.4) is 0 Å². The summed E-state index contributed by atoms with van der Waals surface area (Å²) >= 11 is 1.87. The lowest BCUT2D eigenvalue weighted by Crippen LogP contribution is -2.34. The fourth-order valence-corrected chi connectivity index (χ4v) is 8.16. The van der Waals surface area contributed by atoms with Crippen LogP contribution in [0.1, 0.15) is 27.2 Å². The van der Waals surface area contributed by atoms with Crippen molar-refractivity contribution in [1.29, 1.82) is 0 Å². The molecule has 0 aromatic heterocycles. The van der Waals surface area contributed by atoms with Crippen molar-refractivity contribution in [2.45, 2.75) is 37.7 Å². The van der Waals surface area contributed by atoms with Crippen molar-refractivity contribution in [1.82, 2.24) is 0 Å². The standard InChI is InChI=1S/C10H18O2S2/c1-7(2)10(3)6-14(11,12)8-4-5-13-9(8)10/h7-9H,4-6H2,1-3H3. The van der Waals surface area contributed by atoms with Gasteiger partial charge in [-0.2, -0.15) is 11.8 Å². The highest BCUT2D eigenvalue weighted by molar-refractivity contribution is 8.02. The average Bonchev–Trinajstić information content (AvgIpc) is 2.55. The fourth-order valence-electron chi connectivity index (χ4n) is 2.67. The maximum absolute atomic E-state index is 11.9. The van der Waals surface area contributed by atoms with Gasteiger partial charge in [-0.1, -0.05) is 20.8 Å². The lowest BCUT2D eigenvalue weighted by atomic mass is 9.77. The van der Waals surface area contributed by atoms with Gasteiger partial charge in [0.1, 0.15) is 0 Å². The molecule has 3 unspecified atom stereocenters. The molecule has 0 aromatic rings. The zero-order valence-electron chi connectivity index (χ0n) is 8.99. The van der Waals surface area contributed by atoms with Gasteiger partial charge in [-0.25, -0.2) is 8.42 Å². The Balaban J connectivity index is 2.41. The zero-order chi connectivity index (χ0) is 10.6. The minimum atomic E-state index is -2.80. The zero-order valence-corrected chi connectivity index (χ0v) is 10.6. The second-order valence-corrected chi connectivity index (χ2v) is 8.56. The van der Waals surface area contributed by atoms with Crippen molar-refractivity contribution in [3.05, 3.63) is 0 Å². The molecule has 0 spiro atoms. The largest absolute Gasteiger partial charge is 0.228 e. The van der Waals surface area contributed by atoms with Crippen LogP contribution < -0.4 is 0 Å². The van der Waals surface area contributed by atoms with Gasteiger partial charge in [-0.05, 0) is 23.5 Å². The Morgan fingerprint density at radius 1 is 1.43 bits per heavy atom.